The first-order chi connectivity index (χ1) is 10.1. The van der Waals surface area contributed by atoms with E-state index < -0.39 is 0 Å². The fourth-order valence-electron chi connectivity index (χ4n) is 2.29. The number of methoxy groups -OCH3 is 1. The Morgan fingerprint density at radius 2 is 1.95 bits per heavy atom. The Morgan fingerprint density at radius 1 is 1.32 bits per heavy atom. The molecule has 0 saturated carbocycles. The van der Waals surface area contributed by atoms with E-state index in [1.54, 1.807) is 7.11 Å². The van der Waals surface area contributed by atoms with E-state index in [1.165, 1.54) is 0 Å². The Kier molecular flexibility index (Phi) is 11.2. The maximum absolute atomic E-state index is 5.98. The van der Waals surface area contributed by atoms with Crippen LogP contribution in [0, 0.1) is 0 Å². The summed E-state index contributed by atoms with van der Waals surface area (Å²) in [6.07, 6.45) is 0. The Labute approximate surface area is 151 Å². The predicted molar refractivity (Wildman–Crippen MR) is 105 cm³/mol. The van der Waals surface area contributed by atoms with Crippen LogP contribution in [0.1, 0.15) is 26.3 Å². The minimum absolute atomic E-state index is 0. The van der Waals surface area contributed by atoms with Gasteiger partial charge in [-0.3, -0.25) is 9.89 Å². The van der Waals surface area contributed by atoms with Gasteiger partial charge in [-0.1, -0.05) is 32.0 Å². The number of rotatable bonds is 8. The smallest absolute Gasteiger partial charge is 0.193 e. The lowest BCUT2D eigenvalue weighted by Gasteiger charge is -2.24. The number of ether oxygens (including phenoxy) is 1. The van der Waals surface area contributed by atoms with Gasteiger partial charge in [0.2, 0.25) is 0 Å². The average molecular weight is 420 g/mol. The third kappa shape index (κ3) is 6.93. The van der Waals surface area contributed by atoms with Crippen molar-refractivity contribution in [2.45, 2.75) is 33.4 Å². The zero-order valence-corrected chi connectivity index (χ0v) is 16.3. The highest BCUT2D eigenvalue weighted by atomic mass is 127. The quantitative estimate of drug-likeness (QED) is 0.386. The van der Waals surface area contributed by atoms with Gasteiger partial charge < -0.3 is 15.8 Å². The molecule has 0 radical (unpaired) electrons. The molecule has 0 aliphatic heterocycles. The van der Waals surface area contributed by atoms with Crippen molar-refractivity contribution >= 4 is 35.6 Å². The van der Waals surface area contributed by atoms with Gasteiger partial charge in [0.25, 0.3) is 0 Å². The van der Waals surface area contributed by atoms with Crippen LogP contribution in [-0.4, -0.2) is 43.6 Å². The maximum atomic E-state index is 5.98. The maximum Gasteiger partial charge on any atom is 0.193 e. The molecule has 3 N–H and O–H groups in total. The lowest BCUT2D eigenvalue weighted by molar-refractivity contribution is 0.185. The molecular formula is C16H29IN4O. The fraction of sp³-hybridized carbons (Fsp3) is 0.562. The molecule has 1 aromatic rings. The summed E-state index contributed by atoms with van der Waals surface area (Å²) in [5, 5.41) is 3.15. The van der Waals surface area contributed by atoms with Gasteiger partial charge in [-0.25, -0.2) is 0 Å². The van der Waals surface area contributed by atoms with E-state index in [4.69, 9.17) is 10.5 Å². The highest BCUT2D eigenvalue weighted by molar-refractivity contribution is 14.0. The SMILES string of the molecule is CCN(CC)C(C)CN=C(N)Nc1ccccc1COC.I. The van der Waals surface area contributed by atoms with Crippen molar-refractivity contribution in [3.05, 3.63) is 29.8 Å². The molecule has 6 heteroatoms. The molecule has 0 aliphatic carbocycles. The second kappa shape index (κ2) is 11.7. The molecule has 1 unspecified atom stereocenters. The van der Waals surface area contributed by atoms with Gasteiger partial charge in [0, 0.05) is 24.4 Å². The van der Waals surface area contributed by atoms with Crippen molar-refractivity contribution in [2.24, 2.45) is 10.7 Å². The number of para-hydroxylation sites is 1. The van der Waals surface area contributed by atoms with Gasteiger partial charge in [-0.2, -0.15) is 0 Å². The molecule has 126 valence electrons. The molecule has 0 heterocycles. The number of hydrogen-bond donors (Lipinski definition) is 2. The number of aliphatic imine (C=N–C) groups is 1. The first kappa shape index (κ1) is 21.1. The average Bonchev–Trinajstić information content (AvgIpc) is 2.49. The molecule has 1 atom stereocenters. The van der Waals surface area contributed by atoms with Crippen molar-refractivity contribution in [2.75, 3.05) is 32.1 Å². The van der Waals surface area contributed by atoms with Crippen molar-refractivity contribution in [1.82, 2.24) is 4.90 Å². The Hall–Kier alpha value is -0.860. The van der Waals surface area contributed by atoms with Gasteiger partial charge in [-0.05, 0) is 26.1 Å². The summed E-state index contributed by atoms with van der Waals surface area (Å²) in [6, 6.07) is 8.32. The van der Waals surface area contributed by atoms with Gasteiger partial charge in [0.15, 0.2) is 5.96 Å². The topological polar surface area (TPSA) is 62.9 Å². The van der Waals surface area contributed by atoms with E-state index in [9.17, 15) is 0 Å². The summed E-state index contributed by atoms with van der Waals surface area (Å²) in [7, 11) is 1.68. The van der Waals surface area contributed by atoms with Crippen LogP contribution >= 0.6 is 24.0 Å². The number of nitrogens with two attached hydrogens (primary N) is 1. The highest BCUT2D eigenvalue weighted by Crippen LogP contribution is 2.15. The largest absolute Gasteiger partial charge is 0.380 e. The van der Waals surface area contributed by atoms with Crippen molar-refractivity contribution < 1.29 is 4.74 Å². The summed E-state index contributed by atoms with van der Waals surface area (Å²) in [5.41, 5.74) is 7.99. The first-order valence-corrected chi connectivity index (χ1v) is 7.50. The number of guanidine groups is 1. The van der Waals surface area contributed by atoms with Crippen molar-refractivity contribution in [1.29, 1.82) is 0 Å². The van der Waals surface area contributed by atoms with Crippen molar-refractivity contribution in [3.63, 3.8) is 0 Å². The second-order valence-corrected chi connectivity index (χ2v) is 5.01. The lowest BCUT2D eigenvalue weighted by Crippen LogP contribution is -2.36. The van der Waals surface area contributed by atoms with Crippen LogP contribution in [0.3, 0.4) is 0 Å². The monoisotopic (exact) mass is 420 g/mol. The highest BCUT2D eigenvalue weighted by Gasteiger charge is 2.09. The number of hydrogen-bond acceptors (Lipinski definition) is 3. The van der Waals surface area contributed by atoms with Gasteiger partial charge in [0.1, 0.15) is 0 Å². The standard InChI is InChI=1S/C16H28N4O.HI/c1-5-20(6-2)13(3)11-18-16(17)19-15-10-8-7-9-14(15)12-21-4;/h7-10,13H,5-6,11-12H2,1-4H3,(H3,17,18,19);1H. The van der Waals surface area contributed by atoms with E-state index in [1.807, 2.05) is 24.3 Å². The molecular weight excluding hydrogens is 391 g/mol. The molecule has 5 nitrogen and oxygen atoms in total. The number of halogens is 1. The minimum atomic E-state index is 0. The zero-order chi connectivity index (χ0) is 15.7. The van der Waals surface area contributed by atoms with E-state index in [2.05, 4.69) is 36.0 Å². The molecule has 0 spiro atoms. The van der Waals surface area contributed by atoms with Crippen LogP contribution in [0.2, 0.25) is 0 Å². The molecule has 0 fully saturated rings. The van der Waals surface area contributed by atoms with Crippen LogP contribution in [0.25, 0.3) is 0 Å². The molecule has 0 amide bonds. The summed E-state index contributed by atoms with van der Waals surface area (Å²) in [6.45, 7) is 9.77. The molecule has 1 rings (SSSR count). The molecule has 0 aromatic heterocycles. The van der Waals surface area contributed by atoms with Crippen LogP contribution in [0.5, 0.6) is 0 Å². The summed E-state index contributed by atoms with van der Waals surface area (Å²) in [5.74, 6) is 0.442. The van der Waals surface area contributed by atoms with Gasteiger partial charge in [0.05, 0.1) is 13.2 Å². The van der Waals surface area contributed by atoms with Gasteiger partial charge >= 0.3 is 0 Å². The van der Waals surface area contributed by atoms with Crippen LogP contribution < -0.4 is 11.1 Å². The fourth-order valence-corrected chi connectivity index (χ4v) is 2.29. The summed E-state index contributed by atoms with van der Waals surface area (Å²) < 4.78 is 5.18. The third-order valence-corrected chi connectivity index (χ3v) is 3.54. The third-order valence-electron chi connectivity index (χ3n) is 3.54. The zero-order valence-electron chi connectivity index (χ0n) is 14.0. The predicted octanol–water partition coefficient (Wildman–Crippen LogP) is 2.91. The Morgan fingerprint density at radius 3 is 2.55 bits per heavy atom. The van der Waals surface area contributed by atoms with Gasteiger partial charge in [-0.15, -0.1) is 24.0 Å². The second-order valence-electron chi connectivity index (χ2n) is 5.01. The number of likely N-dealkylation sites (N-methyl/N-ethyl adjacent to an activating group) is 1. The van der Waals surface area contributed by atoms with E-state index in [0.29, 0.717) is 25.2 Å². The number of anilines is 1. The molecule has 1 aromatic carbocycles. The van der Waals surface area contributed by atoms with Crippen LogP contribution in [0.15, 0.2) is 29.3 Å². The normalized spacial score (nSPS) is 12.9. The minimum Gasteiger partial charge on any atom is -0.380 e. The van der Waals surface area contributed by atoms with Crippen molar-refractivity contribution in [3.8, 4) is 0 Å². The number of nitrogens with one attached hydrogen (secondary N) is 1. The van der Waals surface area contributed by atoms with Crippen LogP contribution in [0.4, 0.5) is 5.69 Å². The first-order valence-electron chi connectivity index (χ1n) is 7.50. The lowest BCUT2D eigenvalue weighted by atomic mass is 10.2. The summed E-state index contributed by atoms with van der Waals surface area (Å²) in [4.78, 5) is 6.80. The molecule has 0 bridgehead atoms. The van der Waals surface area contributed by atoms with E-state index >= 15 is 0 Å². The Balaban J connectivity index is 0.00000441. The molecule has 22 heavy (non-hydrogen) atoms. The number of nitrogens with zero attached hydrogens (tertiary/aromatic N) is 2. The van der Waals surface area contributed by atoms with E-state index in [0.717, 1.165) is 24.3 Å². The molecule has 0 aliphatic rings. The Bertz CT molecular complexity index is 450. The van der Waals surface area contributed by atoms with Crippen LogP contribution in [-0.2, 0) is 11.3 Å². The summed E-state index contributed by atoms with van der Waals surface area (Å²) >= 11 is 0. The molecule has 0 saturated heterocycles. The number of benzene rings is 1. The van der Waals surface area contributed by atoms with E-state index in [-0.39, 0.29) is 24.0 Å².